The molecule has 0 bridgehead atoms. The van der Waals surface area contributed by atoms with Crippen molar-refractivity contribution < 1.29 is 14.4 Å². The minimum atomic E-state index is -0.487. The summed E-state index contributed by atoms with van der Waals surface area (Å²) in [6.45, 7) is 15.2. The zero-order chi connectivity index (χ0) is 28.9. The van der Waals surface area contributed by atoms with Gasteiger partial charge in [0.05, 0.1) is 11.0 Å². The summed E-state index contributed by atoms with van der Waals surface area (Å²) in [7, 11) is 0. The molecule has 8 unspecified atom stereocenters. The predicted octanol–water partition coefficient (Wildman–Crippen LogP) is 6.83. The molecule has 3 saturated carbocycles. The summed E-state index contributed by atoms with van der Waals surface area (Å²) in [6.07, 6.45) is 13.7. The second kappa shape index (κ2) is 8.89. The van der Waals surface area contributed by atoms with Crippen LogP contribution in [0.2, 0.25) is 0 Å². The van der Waals surface area contributed by atoms with E-state index in [2.05, 4.69) is 45.6 Å². The molecule has 1 heterocycles. The number of likely N-dealkylation sites (tertiary alicyclic amines) is 1. The lowest BCUT2D eigenvalue weighted by molar-refractivity contribution is -0.184. The van der Waals surface area contributed by atoms with Gasteiger partial charge in [-0.25, -0.2) is 0 Å². The topological polar surface area (TPSA) is 78.2 Å². The first-order valence-corrected chi connectivity index (χ1v) is 16.0. The molecule has 6 rings (SSSR count). The standard InChI is InChI=1S/C35H48N2O3/c1-22-24-10-11-33(5)27(32(24,4)19-23(21-36)29(22)39)18-26(38)28-25-20-31(2,3)12-14-35(25,15-13-34(28,33)6)30(40)37-16-8-7-9-17-37/h18-19,22,24-25,28H,7-17,20H2,1-6H3. The Balaban J connectivity index is 1.48. The van der Waals surface area contributed by atoms with Crippen LogP contribution in [0.4, 0.5) is 0 Å². The first-order chi connectivity index (χ1) is 18.7. The van der Waals surface area contributed by atoms with Gasteiger partial charge in [0.1, 0.15) is 6.07 Å². The van der Waals surface area contributed by atoms with Gasteiger partial charge < -0.3 is 4.90 Å². The molecule has 5 nitrogen and oxygen atoms in total. The maximum Gasteiger partial charge on any atom is 0.229 e. The molecule has 0 radical (unpaired) electrons. The molecule has 0 aromatic rings. The van der Waals surface area contributed by atoms with Gasteiger partial charge in [0.25, 0.3) is 0 Å². The van der Waals surface area contributed by atoms with E-state index in [9.17, 15) is 19.6 Å². The van der Waals surface area contributed by atoms with E-state index in [4.69, 9.17) is 0 Å². The average molecular weight is 545 g/mol. The van der Waals surface area contributed by atoms with Crippen molar-refractivity contribution in [1.29, 1.82) is 5.26 Å². The van der Waals surface area contributed by atoms with Crippen LogP contribution in [-0.4, -0.2) is 35.5 Å². The minimum absolute atomic E-state index is 0.0501. The number of ketones is 2. The second-order valence-corrected chi connectivity index (χ2v) is 15.9. The highest BCUT2D eigenvalue weighted by Gasteiger charge is 2.70. The van der Waals surface area contributed by atoms with Gasteiger partial charge in [0.15, 0.2) is 11.6 Å². The van der Waals surface area contributed by atoms with Crippen LogP contribution in [0.15, 0.2) is 23.3 Å². The fraction of sp³-hybridized carbons (Fsp3) is 0.771. The van der Waals surface area contributed by atoms with Crippen LogP contribution >= 0.6 is 0 Å². The molecular formula is C35H48N2O3. The fourth-order valence-electron chi connectivity index (χ4n) is 11.0. The molecule has 6 aliphatic rings. The molecule has 1 saturated heterocycles. The fourth-order valence-corrected chi connectivity index (χ4v) is 11.0. The SMILES string of the molecule is CC1C(=O)C(C#N)=CC2(C)C3=CC(=O)C4C5CC(C)(C)CCC5(C(=O)N5CCCCC5)CCC4(C)C3(C)CCC12. The largest absolute Gasteiger partial charge is 0.342 e. The lowest BCUT2D eigenvalue weighted by Crippen LogP contribution is -2.66. The van der Waals surface area contributed by atoms with Crippen molar-refractivity contribution in [3.05, 3.63) is 23.3 Å². The van der Waals surface area contributed by atoms with Crippen molar-refractivity contribution in [1.82, 2.24) is 4.90 Å². The number of hydrogen-bond acceptors (Lipinski definition) is 4. The van der Waals surface area contributed by atoms with E-state index >= 15 is 0 Å². The minimum Gasteiger partial charge on any atom is -0.342 e. The third-order valence-electron chi connectivity index (χ3n) is 13.6. The smallest absolute Gasteiger partial charge is 0.229 e. The van der Waals surface area contributed by atoms with Gasteiger partial charge in [0, 0.05) is 30.3 Å². The molecule has 0 aromatic carbocycles. The van der Waals surface area contributed by atoms with Crippen LogP contribution in [-0.2, 0) is 14.4 Å². The number of nitrogens with zero attached hydrogens (tertiary/aromatic N) is 2. The molecule has 40 heavy (non-hydrogen) atoms. The van der Waals surface area contributed by atoms with Crippen molar-refractivity contribution in [3.63, 3.8) is 0 Å². The predicted molar refractivity (Wildman–Crippen MR) is 155 cm³/mol. The monoisotopic (exact) mass is 544 g/mol. The lowest BCUT2D eigenvalue weighted by atomic mass is 9.34. The molecule has 1 amide bonds. The van der Waals surface area contributed by atoms with Crippen molar-refractivity contribution in [3.8, 4) is 6.07 Å². The van der Waals surface area contributed by atoms with Crippen LogP contribution in [0.5, 0.6) is 0 Å². The Morgan fingerprint density at radius 1 is 0.950 bits per heavy atom. The lowest BCUT2D eigenvalue weighted by Gasteiger charge is -2.68. The molecule has 8 atom stereocenters. The third kappa shape index (κ3) is 3.53. The highest BCUT2D eigenvalue weighted by molar-refractivity contribution is 6.02. The first kappa shape index (κ1) is 27.9. The summed E-state index contributed by atoms with van der Waals surface area (Å²) in [6, 6.07) is 2.18. The van der Waals surface area contributed by atoms with Crippen LogP contribution < -0.4 is 0 Å². The summed E-state index contributed by atoms with van der Waals surface area (Å²) >= 11 is 0. The third-order valence-corrected chi connectivity index (χ3v) is 13.6. The van der Waals surface area contributed by atoms with E-state index in [0.29, 0.717) is 5.91 Å². The van der Waals surface area contributed by atoms with Crippen LogP contribution in [0.3, 0.4) is 0 Å². The molecule has 1 aliphatic heterocycles. The van der Waals surface area contributed by atoms with Crippen LogP contribution in [0.1, 0.15) is 106 Å². The Hall–Kier alpha value is -2.22. The Labute approximate surface area is 240 Å². The maximum absolute atomic E-state index is 14.6. The highest BCUT2D eigenvalue weighted by atomic mass is 16.2. The van der Waals surface area contributed by atoms with Gasteiger partial charge in [0.2, 0.25) is 5.91 Å². The molecule has 216 valence electrons. The summed E-state index contributed by atoms with van der Waals surface area (Å²) in [4.78, 5) is 44.2. The number of rotatable bonds is 1. The number of fused-ring (bicyclic) bond motifs is 7. The number of carbonyl (C=O) groups excluding carboxylic acids is 3. The quantitative estimate of drug-likeness (QED) is 0.362. The van der Waals surface area contributed by atoms with Crippen molar-refractivity contribution in [2.45, 2.75) is 106 Å². The van der Waals surface area contributed by atoms with E-state index in [1.165, 1.54) is 6.42 Å². The molecule has 5 aliphatic carbocycles. The maximum atomic E-state index is 14.6. The summed E-state index contributed by atoms with van der Waals surface area (Å²) in [5.74, 6) is 0.214. The molecule has 0 spiro atoms. The zero-order valence-corrected chi connectivity index (χ0v) is 25.6. The average Bonchev–Trinajstić information content (AvgIpc) is 2.92. The van der Waals surface area contributed by atoms with Gasteiger partial charge in [-0.05, 0) is 98.4 Å². The van der Waals surface area contributed by atoms with Gasteiger partial charge in [-0.15, -0.1) is 0 Å². The normalized spacial score (nSPS) is 46.1. The van der Waals surface area contributed by atoms with Crippen LogP contribution in [0.25, 0.3) is 0 Å². The molecule has 4 fully saturated rings. The number of nitriles is 1. The van der Waals surface area contributed by atoms with Gasteiger partial charge in [-0.3, -0.25) is 14.4 Å². The second-order valence-electron chi connectivity index (χ2n) is 15.9. The molecule has 5 heteroatoms. The number of hydrogen-bond donors (Lipinski definition) is 0. The molecular weight excluding hydrogens is 496 g/mol. The Morgan fingerprint density at radius 3 is 2.30 bits per heavy atom. The first-order valence-electron chi connectivity index (χ1n) is 16.0. The highest BCUT2D eigenvalue weighted by Crippen LogP contribution is 2.74. The Morgan fingerprint density at radius 2 is 1.62 bits per heavy atom. The summed E-state index contributed by atoms with van der Waals surface area (Å²) in [5.41, 5.74) is 0.0749. The van der Waals surface area contributed by atoms with Crippen LogP contribution in [0, 0.1) is 62.1 Å². The molecule has 0 N–H and O–H groups in total. The number of Topliss-reactive ketones (excluding diaryl/α,β-unsaturated/α-hetero) is 1. The Bertz CT molecular complexity index is 1260. The number of amides is 1. The number of carbonyl (C=O) groups is 3. The van der Waals surface area contributed by atoms with Gasteiger partial charge in [-0.2, -0.15) is 5.26 Å². The van der Waals surface area contributed by atoms with Gasteiger partial charge in [-0.1, -0.05) is 53.2 Å². The van der Waals surface area contributed by atoms with E-state index < -0.39 is 10.8 Å². The van der Waals surface area contributed by atoms with Crippen molar-refractivity contribution in [2.75, 3.05) is 13.1 Å². The summed E-state index contributed by atoms with van der Waals surface area (Å²) < 4.78 is 0. The van der Waals surface area contributed by atoms with Crippen molar-refractivity contribution >= 4 is 17.5 Å². The van der Waals surface area contributed by atoms with Crippen molar-refractivity contribution in [2.24, 2.45) is 50.7 Å². The molecule has 0 aromatic heterocycles. The Kier molecular flexibility index (Phi) is 6.21. The number of allylic oxidation sites excluding steroid dienone is 4. The zero-order valence-electron chi connectivity index (χ0n) is 25.6. The number of piperidine rings is 1. The van der Waals surface area contributed by atoms with E-state index in [1.807, 2.05) is 19.1 Å². The summed E-state index contributed by atoms with van der Waals surface area (Å²) in [5, 5.41) is 9.84. The van der Waals surface area contributed by atoms with E-state index in [1.54, 1.807) is 0 Å². The van der Waals surface area contributed by atoms with Gasteiger partial charge >= 0.3 is 0 Å². The van der Waals surface area contributed by atoms with E-state index in [0.717, 1.165) is 76.5 Å². The van der Waals surface area contributed by atoms with E-state index in [-0.39, 0.29) is 57.1 Å².